The van der Waals surface area contributed by atoms with Gasteiger partial charge in [0.1, 0.15) is 5.75 Å². The molecule has 1 aromatic rings. The van der Waals surface area contributed by atoms with Gasteiger partial charge in [-0.2, -0.15) is 0 Å². The lowest BCUT2D eigenvalue weighted by molar-refractivity contribution is 0.279. The van der Waals surface area contributed by atoms with Gasteiger partial charge < -0.3 is 10.1 Å². The van der Waals surface area contributed by atoms with Gasteiger partial charge in [-0.3, -0.25) is 4.90 Å². The fraction of sp³-hybridized carbons (Fsp3) is 0.600. The topological polar surface area (TPSA) is 24.5 Å². The Morgan fingerprint density at radius 1 is 1.17 bits per heavy atom. The van der Waals surface area contributed by atoms with Gasteiger partial charge in [0.15, 0.2) is 0 Å². The summed E-state index contributed by atoms with van der Waals surface area (Å²) >= 11 is 0. The highest BCUT2D eigenvalue weighted by Gasteiger charge is 2.13. The van der Waals surface area contributed by atoms with E-state index >= 15 is 0 Å². The van der Waals surface area contributed by atoms with Crippen LogP contribution < -0.4 is 10.1 Å². The molecule has 0 saturated carbocycles. The van der Waals surface area contributed by atoms with Crippen LogP contribution in [-0.2, 0) is 13.0 Å². The molecule has 3 heteroatoms. The molecule has 1 saturated heterocycles. The molecule has 2 heterocycles. The van der Waals surface area contributed by atoms with Crippen molar-refractivity contribution in [2.75, 3.05) is 32.8 Å². The number of ether oxygens (including phenoxy) is 1. The van der Waals surface area contributed by atoms with Gasteiger partial charge in [-0.1, -0.05) is 12.1 Å². The van der Waals surface area contributed by atoms with Gasteiger partial charge in [-0.15, -0.1) is 0 Å². The molecule has 3 nitrogen and oxygen atoms in total. The first-order valence-corrected chi connectivity index (χ1v) is 7.09. The number of rotatable bonds is 2. The second-order valence-electron chi connectivity index (χ2n) is 5.27. The van der Waals surface area contributed by atoms with Crippen molar-refractivity contribution in [3.63, 3.8) is 0 Å². The summed E-state index contributed by atoms with van der Waals surface area (Å²) in [6.07, 6.45) is 3.59. The first-order valence-electron chi connectivity index (χ1n) is 7.09. The van der Waals surface area contributed by atoms with E-state index in [0.717, 1.165) is 45.0 Å². The molecule has 1 N–H and O–H groups in total. The van der Waals surface area contributed by atoms with E-state index in [1.54, 1.807) is 0 Å². The normalized spacial score (nSPS) is 20.9. The number of nitrogens with one attached hydrogen (secondary N) is 1. The highest BCUT2D eigenvalue weighted by atomic mass is 16.5. The van der Waals surface area contributed by atoms with E-state index in [1.807, 2.05) is 0 Å². The third-order valence-corrected chi connectivity index (χ3v) is 3.81. The molecule has 18 heavy (non-hydrogen) atoms. The third kappa shape index (κ3) is 2.85. The molecule has 0 amide bonds. The average molecular weight is 246 g/mol. The molecule has 0 aliphatic carbocycles. The summed E-state index contributed by atoms with van der Waals surface area (Å²) in [6, 6.07) is 6.72. The van der Waals surface area contributed by atoms with Crippen molar-refractivity contribution in [1.29, 1.82) is 0 Å². The van der Waals surface area contributed by atoms with Crippen LogP contribution in [0.4, 0.5) is 0 Å². The number of hydrogen-bond acceptors (Lipinski definition) is 3. The predicted octanol–water partition coefficient (Wildman–Crippen LogP) is 1.81. The summed E-state index contributed by atoms with van der Waals surface area (Å²) in [4.78, 5) is 2.55. The molecule has 1 aromatic carbocycles. The maximum Gasteiger partial charge on any atom is 0.122 e. The van der Waals surface area contributed by atoms with Crippen LogP contribution in [0.2, 0.25) is 0 Å². The first kappa shape index (κ1) is 12.0. The first-order chi connectivity index (χ1) is 8.92. The lowest BCUT2D eigenvalue weighted by Gasteiger charge is -2.22. The van der Waals surface area contributed by atoms with Gasteiger partial charge >= 0.3 is 0 Å². The van der Waals surface area contributed by atoms with Crippen LogP contribution in [0.15, 0.2) is 18.2 Å². The van der Waals surface area contributed by atoms with Gasteiger partial charge in [0.2, 0.25) is 0 Å². The van der Waals surface area contributed by atoms with Gasteiger partial charge in [0.25, 0.3) is 0 Å². The van der Waals surface area contributed by atoms with Crippen molar-refractivity contribution in [2.45, 2.75) is 25.8 Å². The maximum absolute atomic E-state index is 5.66. The zero-order chi connectivity index (χ0) is 12.2. The van der Waals surface area contributed by atoms with Crippen molar-refractivity contribution >= 4 is 0 Å². The highest BCUT2D eigenvalue weighted by Crippen LogP contribution is 2.26. The van der Waals surface area contributed by atoms with E-state index in [-0.39, 0.29) is 0 Å². The Labute approximate surface area is 109 Å². The molecule has 0 bridgehead atoms. The van der Waals surface area contributed by atoms with Crippen LogP contribution in [0, 0.1) is 0 Å². The van der Waals surface area contributed by atoms with E-state index < -0.39 is 0 Å². The Morgan fingerprint density at radius 2 is 2.17 bits per heavy atom. The maximum atomic E-state index is 5.66. The lowest BCUT2D eigenvalue weighted by Crippen LogP contribution is -2.27. The Morgan fingerprint density at radius 3 is 3.17 bits per heavy atom. The number of benzene rings is 1. The standard InChI is InChI=1S/C15H22N2O/c1-3-14-11-13(4-5-15(14)18-10-1)12-17-8-2-6-16-7-9-17/h4-5,11,16H,1-3,6-10,12H2. The molecule has 0 atom stereocenters. The van der Waals surface area contributed by atoms with E-state index in [1.165, 1.54) is 30.5 Å². The summed E-state index contributed by atoms with van der Waals surface area (Å²) in [5.74, 6) is 1.10. The number of hydrogen-bond donors (Lipinski definition) is 1. The fourth-order valence-corrected chi connectivity index (χ4v) is 2.83. The van der Waals surface area contributed by atoms with Crippen molar-refractivity contribution in [2.24, 2.45) is 0 Å². The van der Waals surface area contributed by atoms with Crippen LogP contribution in [0.3, 0.4) is 0 Å². The van der Waals surface area contributed by atoms with Crippen LogP contribution in [0.1, 0.15) is 24.0 Å². The predicted molar refractivity (Wildman–Crippen MR) is 73.0 cm³/mol. The molecule has 0 spiro atoms. The minimum atomic E-state index is 0.879. The molecule has 0 radical (unpaired) electrons. The molecule has 98 valence electrons. The second kappa shape index (κ2) is 5.72. The fourth-order valence-electron chi connectivity index (χ4n) is 2.83. The SMILES string of the molecule is c1cc2c(cc1CN1CCCNCC1)CCCO2. The Balaban J connectivity index is 1.68. The largest absolute Gasteiger partial charge is 0.493 e. The van der Waals surface area contributed by atoms with E-state index in [0.29, 0.717) is 0 Å². The monoisotopic (exact) mass is 246 g/mol. The number of fused-ring (bicyclic) bond motifs is 1. The van der Waals surface area contributed by atoms with Crippen molar-refractivity contribution in [3.8, 4) is 5.75 Å². The van der Waals surface area contributed by atoms with E-state index in [9.17, 15) is 0 Å². The zero-order valence-corrected chi connectivity index (χ0v) is 11.0. The third-order valence-electron chi connectivity index (χ3n) is 3.81. The number of aryl methyl sites for hydroxylation is 1. The Hall–Kier alpha value is -1.06. The summed E-state index contributed by atoms with van der Waals surface area (Å²) in [6.45, 7) is 6.61. The summed E-state index contributed by atoms with van der Waals surface area (Å²) in [5, 5.41) is 3.45. The number of nitrogens with zero attached hydrogens (tertiary/aromatic N) is 1. The van der Waals surface area contributed by atoms with Gasteiger partial charge in [0, 0.05) is 19.6 Å². The second-order valence-corrected chi connectivity index (χ2v) is 5.27. The molecule has 0 unspecified atom stereocenters. The van der Waals surface area contributed by atoms with Gasteiger partial charge in [0.05, 0.1) is 6.61 Å². The highest BCUT2D eigenvalue weighted by molar-refractivity contribution is 5.38. The lowest BCUT2D eigenvalue weighted by atomic mass is 10.0. The van der Waals surface area contributed by atoms with Crippen molar-refractivity contribution in [1.82, 2.24) is 10.2 Å². The minimum absolute atomic E-state index is 0.879. The molecule has 2 aliphatic rings. The minimum Gasteiger partial charge on any atom is -0.493 e. The van der Waals surface area contributed by atoms with Crippen LogP contribution in [-0.4, -0.2) is 37.7 Å². The van der Waals surface area contributed by atoms with Crippen LogP contribution >= 0.6 is 0 Å². The van der Waals surface area contributed by atoms with E-state index in [4.69, 9.17) is 4.74 Å². The molecular weight excluding hydrogens is 224 g/mol. The summed E-state index contributed by atoms with van der Waals surface area (Å²) in [7, 11) is 0. The van der Waals surface area contributed by atoms with Crippen molar-refractivity contribution in [3.05, 3.63) is 29.3 Å². The van der Waals surface area contributed by atoms with Crippen LogP contribution in [0.5, 0.6) is 5.75 Å². The summed E-state index contributed by atoms with van der Waals surface area (Å²) < 4.78 is 5.66. The quantitative estimate of drug-likeness (QED) is 0.861. The summed E-state index contributed by atoms with van der Waals surface area (Å²) in [5.41, 5.74) is 2.83. The molecular formula is C15H22N2O. The Bertz CT molecular complexity index is 397. The van der Waals surface area contributed by atoms with Gasteiger partial charge in [-0.25, -0.2) is 0 Å². The average Bonchev–Trinajstić information content (AvgIpc) is 2.67. The molecule has 3 rings (SSSR count). The smallest absolute Gasteiger partial charge is 0.122 e. The van der Waals surface area contributed by atoms with E-state index in [2.05, 4.69) is 28.4 Å². The molecule has 0 aromatic heterocycles. The van der Waals surface area contributed by atoms with Crippen LogP contribution in [0.25, 0.3) is 0 Å². The molecule has 2 aliphatic heterocycles. The van der Waals surface area contributed by atoms with Gasteiger partial charge in [-0.05, 0) is 49.5 Å². The zero-order valence-electron chi connectivity index (χ0n) is 11.0. The molecule has 1 fully saturated rings. The Kier molecular flexibility index (Phi) is 3.81. The van der Waals surface area contributed by atoms with Crippen molar-refractivity contribution < 1.29 is 4.74 Å².